The van der Waals surface area contributed by atoms with Gasteiger partial charge in [0.15, 0.2) is 0 Å². The molecule has 1 aromatic rings. The molecule has 3 rings (SSSR count). The summed E-state index contributed by atoms with van der Waals surface area (Å²) in [6, 6.07) is 6.67. The van der Waals surface area contributed by atoms with Gasteiger partial charge in [-0.3, -0.25) is 0 Å². The molecule has 2 aliphatic rings. The van der Waals surface area contributed by atoms with Crippen molar-refractivity contribution in [3.8, 4) is 0 Å². The van der Waals surface area contributed by atoms with Gasteiger partial charge in [-0.05, 0) is 40.9 Å². The summed E-state index contributed by atoms with van der Waals surface area (Å²) in [6.07, 6.45) is 0.773. The van der Waals surface area contributed by atoms with Crippen LogP contribution in [-0.4, -0.2) is 36.7 Å². The molecule has 19 heavy (non-hydrogen) atoms. The summed E-state index contributed by atoms with van der Waals surface area (Å²) in [6.45, 7) is 3.77. The molecule has 5 heteroatoms. The molecule has 0 saturated carbocycles. The maximum absolute atomic E-state index is 11.8. The molecular weight excluding hydrogens is 308 g/mol. The Bertz CT molecular complexity index is 506. The van der Waals surface area contributed by atoms with Gasteiger partial charge in [0.25, 0.3) is 0 Å². The predicted molar refractivity (Wildman–Crippen MR) is 77.5 cm³/mol. The van der Waals surface area contributed by atoms with Crippen LogP contribution < -0.4 is 5.32 Å². The van der Waals surface area contributed by atoms with Crippen molar-refractivity contribution in [1.29, 1.82) is 0 Å². The van der Waals surface area contributed by atoms with E-state index in [1.165, 1.54) is 11.3 Å². The minimum absolute atomic E-state index is 0.190. The van der Waals surface area contributed by atoms with E-state index in [2.05, 4.69) is 33.4 Å². The van der Waals surface area contributed by atoms with Gasteiger partial charge < -0.3 is 15.0 Å². The first-order valence-corrected chi connectivity index (χ1v) is 7.46. The largest absolute Gasteiger partial charge is 0.450 e. The molecule has 2 heterocycles. The number of benzene rings is 1. The van der Waals surface area contributed by atoms with Crippen molar-refractivity contribution in [3.05, 3.63) is 28.2 Å². The number of piperidine rings is 1. The number of ether oxygens (including phenoxy) is 1. The Kier molecular flexibility index (Phi) is 3.39. The number of anilines is 1. The van der Waals surface area contributed by atoms with Crippen molar-refractivity contribution in [2.45, 2.75) is 25.3 Å². The number of hydrogen-bond donors (Lipinski definition) is 1. The quantitative estimate of drug-likeness (QED) is 0.862. The molecule has 0 aliphatic carbocycles. The van der Waals surface area contributed by atoms with E-state index in [1.54, 1.807) is 0 Å². The van der Waals surface area contributed by atoms with E-state index >= 15 is 0 Å². The molecule has 1 unspecified atom stereocenters. The fraction of sp³-hybridized carbons (Fsp3) is 0.500. The molecule has 0 bridgehead atoms. The molecule has 1 N–H and O–H groups in total. The van der Waals surface area contributed by atoms with Gasteiger partial charge in [-0.25, -0.2) is 4.79 Å². The molecule has 0 spiro atoms. The number of nitrogens with one attached hydrogen (secondary N) is 1. The molecule has 2 atom stereocenters. The summed E-state index contributed by atoms with van der Waals surface area (Å²) in [5.74, 6) is 0.366. The normalized spacial score (nSPS) is 24.4. The van der Waals surface area contributed by atoms with Crippen LogP contribution in [0, 0.1) is 0 Å². The highest BCUT2D eigenvalue weighted by atomic mass is 79.9. The van der Waals surface area contributed by atoms with E-state index in [4.69, 9.17) is 4.74 Å². The van der Waals surface area contributed by atoms with Crippen molar-refractivity contribution in [2.75, 3.05) is 25.0 Å². The maximum Gasteiger partial charge on any atom is 0.409 e. The number of amides is 1. The summed E-state index contributed by atoms with van der Waals surface area (Å²) < 4.78 is 6.20. The topological polar surface area (TPSA) is 41.6 Å². The number of carbonyl (C=O) groups excluding carboxylic acids is 1. The first kappa shape index (κ1) is 12.8. The maximum atomic E-state index is 11.8. The second-order valence-corrected chi connectivity index (χ2v) is 5.85. The van der Waals surface area contributed by atoms with Crippen molar-refractivity contribution in [3.63, 3.8) is 0 Å². The van der Waals surface area contributed by atoms with E-state index in [-0.39, 0.29) is 6.09 Å². The van der Waals surface area contributed by atoms with Crippen LogP contribution >= 0.6 is 15.9 Å². The summed E-state index contributed by atoms with van der Waals surface area (Å²) >= 11 is 3.58. The monoisotopic (exact) mass is 324 g/mol. The summed E-state index contributed by atoms with van der Waals surface area (Å²) in [5.41, 5.74) is 2.48. The number of fused-ring (bicyclic) bond motifs is 3. The van der Waals surface area contributed by atoms with Crippen molar-refractivity contribution >= 4 is 27.7 Å². The van der Waals surface area contributed by atoms with Gasteiger partial charge in [0.05, 0.1) is 12.3 Å². The second kappa shape index (κ2) is 5.04. The van der Waals surface area contributed by atoms with E-state index in [0.717, 1.165) is 24.0 Å². The van der Waals surface area contributed by atoms with Crippen molar-refractivity contribution in [1.82, 2.24) is 4.90 Å². The average Bonchev–Trinajstić information content (AvgIpc) is 2.78. The van der Waals surface area contributed by atoms with E-state index in [9.17, 15) is 4.79 Å². The van der Waals surface area contributed by atoms with Crippen LogP contribution in [0.1, 0.15) is 24.8 Å². The molecule has 1 fully saturated rings. The van der Waals surface area contributed by atoms with Gasteiger partial charge in [-0.15, -0.1) is 0 Å². The van der Waals surface area contributed by atoms with Crippen LogP contribution in [0.15, 0.2) is 22.7 Å². The third kappa shape index (κ3) is 2.20. The molecule has 2 aliphatic heterocycles. The third-order valence-electron chi connectivity index (χ3n) is 3.91. The first-order valence-electron chi connectivity index (χ1n) is 6.67. The molecule has 0 aromatic heterocycles. The highest BCUT2D eigenvalue weighted by molar-refractivity contribution is 9.10. The smallest absolute Gasteiger partial charge is 0.409 e. The number of likely N-dealkylation sites (tertiary alicyclic amines) is 1. The number of nitrogens with zero attached hydrogens (tertiary/aromatic N) is 1. The number of rotatable bonds is 1. The standard InChI is InChI=1S/C14H17BrN2O2/c1-2-19-14(18)17-7-6-12-10(8-17)9-4-3-5-11(15)13(9)16-12/h3-5,10,12,16H,2,6-8H2,1H3/t10?,12-/m0/s1. The Balaban J connectivity index is 1.81. The molecule has 1 amide bonds. The predicted octanol–water partition coefficient (Wildman–Crippen LogP) is 3.19. The minimum atomic E-state index is -0.190. The van der Waals surface area contributed by atoms with Crippen LogP contribution in [0.5, 0.6) is 0 Å². The van der Waals surface area contributed by atoms with E-state index in [0.29, 0.717) is 18.6 Å². The minimum Gasteiger partial charge on any atom is -0.450 e. The number of para-hydroxylation sites is 1. The first-order chi connectivity index (χ1) is 9.20. The van der Waals surface area contributed by atoms with Crippen LogP contribution in [0.3, 0.4) is 0 Å². The highest BCUT2D eigenvalue weighted by Gasteiger charge is 2.39. The van der Waals surface area contributed by atoms with Crippen molar-refractivity contribution < 1.29 is 9.53 Å². The second-order valence-electron chi connectivity index (χ2n) is 4.99. The third-order valence-corrected chi connectivity index (χ3v) is 4.57. The van der Waals surface area contributed by atoms with Gasteiger partial charge in [-0.1, -0.05) is 12.1 Å². The molecular formula is C14H17BrN2O2. The fourth-order valence-electron chi connectivity index (χ4n) is 3.01. The Hall–Kier alpha value is -1.23. The number of hydrogen-bond acceptors (Lipinski definition) is 3. The molecule has 1 saturated heterocycles. The van der Waals surface area contributed by atoms with Gasteiger partial charge in [0, 0.05) is 29.5 Å². The SMILES string of the molecule is CCOC(=O)N1CC[C@@H]2Nc3c(Br)cccc3C2C1. The fourth-order valence-corrected chi connectivity index (χ4v) is 3.50. The lowest BCUT2D eigenvalue weighted by Gasteiger charge is -2.34. The lowest BCUT2D eigenvalue weighted by Crippen LogP contribution is -2.45. The van der Waals surface area contributed by atoms with E-state index in [1.807, 2.05) is 17.9 Å². The van der Waals surface area contributed by atoms with Gasteiger partial charge in [-0.2, -0.15) is 0 Å². The average molecular weight is 325 g/mol. The highest BCUT2D eigenvalue weighted by Crippen LogP contribution is 2.43. The van der Waals surface area contributed by atoms with Gasteiger partial charge >= 0.3 is 6.09 Å². The molecule has 1 aromatic carbocycles. The van der Waals surface area contributed by atoms with Crippen LogP contribution in [-0.2, 0) is 4.74 Å². The zero-order valence-electron chi connectivity index (χ0n) is 10.9. The summed E-state index contributed by atoms with van der Waals surface area (Å²) in [7, 11) is 0. The van der Waals surface area contributed by atoms with Crippen molar-refractivity contribution in [2.24, 2.45) is 0 Å². The molecule has 4 nitrogen and oxygen atoms in total. The van der Waals surface area contributed by atoms with E-state index < -0.39 is 0 Å². The Morgan fingerprint density at radius 1 is 1.58 bits per heavy atom. The van der Waals surface area contributed by atoms with Crippen LogP contribution in [0.2, 0.25) is 0 Å². The lowest BCUT2D eigenvalue weighted by atomic mass is 9.89. The van der Waals surface area contributed by atoms with Crippen LogP contribution in [0.25, 0.3) is 0 Å². The number of halogens is 1. The lowest BCUT2D eigenvalue weighted by molar-refractivity contribution is 0.0949. The molecule has 102 valence electrons. The Labute approximate surface area is 121 Å². The van der Waals surface area contributed by atoms with Gasteiger partial charge in [0.1, 0.15) is 0 Å². The molecule has 0 radical (unpaired) electrons. The summed E-state index contributed by atoms with van der Waals surface area (Å²) in [4.78, 5) is 13.7. The van der Waals surface area contributed by atoms with Gasteiger partial charge in [0.2, 0.25) is 0 Å². The number of carbonyl (C=O) groups is 1. The van der Waals surface area contributed by atoms with Crippen LogP contribution in [0.4, 0.5) is 10.5 Å². The Morgan fingerprint density at radius 2 is 2.42 bits per heavy atom. The Morgan fingerprint density at radius 3 is 3.21 bits per heavy atom. The zero-order chi connectivity index (χ0) is 13.4. The zero-order valence-corrected chi connectivity index (χ0v) is 12.4. The summed E-state index contributed by atoms with van der Waals surface area (Å²) in [5, 5.41) is 3.57.